The zero-order chi connectivity index (χ0) is 13.5. The molecule has 0 aliphatic rings. The number of rotatable bonds is 1. The van der Waals surface area contributed by atoms with Gasteiger partial charge in [-0.2, -0.15) is 0 Å². The zero-order valence-electron chi connectivity index (χ0n) is 11.5. The van der Waals surface area contributed by atoms with Crippen LogP contribution in [0.25, 0.3) is 11.0 Å². The highest BCUT2D eigenvalue weighted by atomic mass is 16.1. The second-order valence-corrected chi connectivity index (χ2v) is 5.96. The van der Waals surface area contributed by atoms with Crippen LogP contribution >= 0.6 is 0 Å². The van der Waals surface area contributed by atoms with Crippen LogP contribution in [0.15, 0.2) is 17.1 Å². The molecule has 2 rings (SSSR count). The van der Waals surface area contributed by atoms with Crippen LogP contribution in [0.1, 0.15) is 51.9 Å². The van der Waals surface area contributed by atoms with E-state index >= 15 is 0 Å². The number of aromatic nitrogens is 3. The Labute approximate surface area is 106 Å². The first-order valence-electron chi connectivity index (χ1n) is 6.19. The summed E-state index contributed by atoms with van der Waals surface area (Å²) in [5.41, 5.74) is 1.28. The highest BCUT2D eigenvalue weighted by Crippen LogP contribution is 2.20. The van der Waals surface area contributed by atoms with Crippen molar-refractivity contribution in [1.29, 1.82) is 0 Å². The van der Waals surface area contributed by atoms with E-state index in [4.69, 9.17) is 0 Å². The van der Waals surface area contributed by atoms with Crippen LogP contribution in [0.5, 0.6) is 0 Å². The Balaban J connectivity index is 2.70. The van der Waals surface area contributed by atoms with Gasteiger partial charge in [0, 0.05) is 11.6 Å². The third kappa shape index (κ3) is 2.28. The maximum atomic E-state index is 12.1. The van der Waals surface area contributed by atoms with E-state index in [0.29, 0.717) is 22.8 Å². The Hall–Kier alpha value is -1.71. The van der Waals surface area contributed by atoms with Crippen molar-refractivity contribution in [2.24, 2.45) is 0 Å². The molecule has 0 unspecified atom stereocenters. The molecular formula is C14H19N3O. The molecule has 0 atom stereocenters. The molecule has 0 aromatic carbocycles. The first kappa shape index (κ1) is 12.7. The second-order valence-electron chi connectivity index (χ2n) is 5.96. The van der Waals surface area contributed by atoms with Crippen molar-refractivity contribution in [3.63, 3.8) is 0 Å². The van der Waals surface area contributed by atoms with Gasteiger partial charge >= 0.3 is 0 Å². The van der Waals surface area contributed by atoms with Crippen molar-refractivity contribution in [2.45, 2.75) is 46.0 Å². The van der Waals surface area contributed by atoms with E-state index in [-0.39, 0.29) is 11.0 Å². The van der Waals surface area contributed by atoms with Crippen molar-refractivity contribution in [3.05, 3.63) is 34.0 Å². The number of nitrogens with zero attached hydrogens (tertiary/aromatic N) is 2. The minimum absolute atomic E-state index is 0.111. The van der Waals surface area contributed by atoms with Crippen molar-refractivity contribution < 1.29 is 0 Å². The molecule has 0 bridgehead atoms. The van der Waals surface area contributed by atoms with Gasteiger partial charge in [0.15, 0.2) is 5.65 Å². The average Bonchev–Trinajstić information content (AvgIpc) is 2.27. The van der Waals surface area contributed by atoms with Crippen LogP contribution in [0.4, 0.5) is 0 Å². The van der Waals surface area contributed by atoms with Gasteiger partial charge in [0.1, 0.15) is 5.82 Å². The van der Waals surface area contributed by atoms with E-state index in [1.54, 1.807) is 6.20 Å². The lowest BCUT2D eigenvalue weighted by Crippen LogP contribution is -2.22. The van der Waals surface area contributed by atoms with Gasteiger partial charge in [0.25, 0.3) is 5.56 Å². The predicted molar refractivity (Wildman–Crippen MR) is 72.9 cm³/mol. The molecule has 2 aromatic rings. The number of H-pyrrole nitrogens is 1. The molecule has 0 fully saturated rings. The molecule has 0 aliphatic carbocycles. The van der Waals surface area contributed by atoms with Gasteiger partial charge < -0.3 is 4.98 Å². The Morgan fingerprint density at radius 2 is 1.94 bits per heavy atom. The monoisotopic (exact) mass is 245 g/mol. The number of pyridine rings is 1. The fraction of sp³-hybridized carbons (Fsp3) is 0.500. The largest absolute Gasteiger partial charge is 0.309 e. The topological polar surface area (TPSA) is 58.6 Å². The lowest BCUT2D eigenvalue weighted by Gasteiger charge is -2.17. The number of nitrogens with one attached hydrogen (secondary N) is 1. The van der Waals surface area contributed by atoms with E-state index in [2.05, 4.69) is 28.8 Å². The van der Waals surface area contributed by atoms with Crippen LogP contribution in [-0.2, 0) is 5.41 Å². The summed E-state index contributed by atoms with van der Waals surface area (Å²) >= 11 is 0. The quantitative estimate of drug-likeness (QED) is 0.840. The lowest BCUT2D eigenvalue weighted by molar-refractivity contribution is 0.545. The molecule has 2 heterocycles. The van der Waals surface area contributed by atoms with Crippen molar-refractivity contribution in [2.75, 3.05) is 0 Å². The minimum atomic E-state index is -0.189. The van der Waals surface area contributed by atoms with E-state index in [0.717, 1.165) is 5.56 Å². The zero-order valence-corrected chi connectivity index (χ0v) is 11.5. The molecule has 0 aliphatic heterocycles. The molecular weight excluding hydrogens is 226 g/mol. The molecule has 0 saturated carbocycles. The van der Waals surface area contributed by atoms with Gasteiger partial charge in [0.2, 0.25) is 0 Å². The minimum Gasteiger partial charge on any atom is -0.309 e. The second kappa shape index (κ2) is 4.19. The van der Waals surface area contributed by atoms with Crippen LogP contribution < -0.4 is 5.56 Å². The number of fused-ring (bicyclic) bond motifs is 1. The third-order valence-corrected chi connectivity index (χ3v) is 2.96. The predicted octanol–water partition coefficient (Wildman–Crippen LogP) is 2.74. The SMILES string of the molecule is CC(C)c1cnc2nc(C(C)(C)C)[nH]c(=O)c2c1. The smallest absolute Gasteiger partial charge is 0.260 e. The number of hydrogen-bond acceptors (Lipinski definition) is 3. The van der Waals surface area contributed by atoms with Gasteiger partial charge in [-0.05, 0) is 17.5 Å². The number of aromatic amines is 1. The maximum Gasteiger partial charge on any atom is 0.260 e. The van der Waals surface area contributed by atoms with E-state index in [1.807, 2.05) is 26.8 Å². The Morgan fingerprint density at radius 3 is 2.50 bits per heavy atom. The molecule has 18 heavy (non-hydrogen) atoms. The average molecular weight is 245 g/mol. The van der Waals surface area contributed by atoms with E-state index < -0.39 is 0 Å². The summed E-state index contributed by atoms with van der Waals surface area (Å²) in [6.45, 7) is 10.2. The molecule has 4 heteroatoms. The van der Waals surface area contributed by atoms with E-state index in [1.165, 1.54) is 0 Å². The number of hydrogen-bond donors (Lipinski definition) is 1. The Morgan fingerprint density at radius 1 is 1.28 bits per heavy atom. The molecule has 0 amide bonds. The van der Waals surface area contributed by atoms with Gasteiger partial charge in [-0.3, -0.25) is 4.79 Å². The van der Waals surface area contributed by atoms with Crippen molar-refractivity contribution in [3.8, 4) is 0 Å². The molecule has 0 saturated heterocycles. The normalized spacial score (nSPS) is 12.3. The fourth-order valence-corrected chi connectivity index (χ4v) is 1.71. The van der Waals surface area contributed by atoms with Crippen molar-refractivity contribution >= 4 is 11.0 Å². The maximum absolute atomic E-state index is 12.1. The summed E-state index contributed by atoms with van der Waals surface area (Å²) in [7, 11) is 0. The Bertz CT molecular complexity index is 636. The molecule has 0 spiro atoms. The summed E-state index contributed by atoms with van der Waals surface area (Å²) < 4.78 is 0. The lowest BCUT2D eigenvalue weighted by atomic mass is 9.95. The van der Waals surface area contributed by atoms with Crippen LogP contribution in [0, 0.1) is 0 Å². The van der Waals surface area contributed by atoms with Gasteiger partial charge in [0.05, 0.1) is 5.39 Å². The Kier molecular flexibility index (Phi) is 2.97. The molecule has 1 N–H and O–H groups in total. The van der Waals surface area contributed by atoms with Crippen LogP contribution in [0.3, 0.4) is 0 Å². The van der Waals surface area contributed by atoms with Crippen LogP contribution in [-0.4, -0.2) is 15.0 Å². The third-order valence-electron chi connectivity index (χ3n) is 2.96. The molecule has 0 radical (unpaired) electrons. The van der Waals surface area contributed by atoms with Gasteiger partial charge in [-0.15, -0.1) is 0 Å². The first-order chi connectivity index (χ1) is 8.29. The molecule has 4 nitrogen and oxygen atoms in total. The highest BCUT2D eigenvalue weighted by Gasteiger charge is 2.18. The summed E-state index contributed by atoms with van der Waals surface area (Å²) in [6, 6.07) is 1.88. The van der Waals surface area contributed by atoms with E-state index in [9.17, 15) is 4.79 Å². The summed E-state index contributed by atoms with van der Waals surface area (Å²) in [6.07, 6.45) is 1.80. The summed E-state index contributed by atoms with van der Waals surface area (Å²) in [5.74, 6) is 1.02. The molecule has 96 valence electrons. The molecule has 2 aromatic heterocycles. The highest BCUT2D eigenvalue weighted by molar-refractivity contribution is 5.74. The van der Waals surface area contributed by atoms with Crippen molar-refractivity contribution in [1.82, 2.24) is 15.0 Å². The summed E-state index contributed by atoms with van der Waals surface area (Å²) in [4.78, 5) is 23.7. The fourth-order valence-electron chi connectivity index (χ4n) is 1.71. The van der Waals surface area contributed by atoms with Gasteiger partial charge in [-0.25, -0.2) is 9.97 Å². The summed E-state index contributed by atoms with van der Waals surface area (Å²) in [5, 5.41) is 0.564. The first-order valence-corrected chi connectivity index (χ1v) is 6.19. The standard InChI is InChI=1S/C14H19N3O/c1-8(2)9-6-10-11(15-7-9)16-13(14(3,4)5)17-12(10)18/h6-8H,1-5H3,(H,15,16,17,18). The van der Waals surface area contributed by atoms with Gasteiger partial charge in [-0.1, -0.05) is 34.6 Å². The van der Waals surface area contributed by atoms with Crippen LogP contribution in [0.2, 0.25) is 0 Å².